The molecule has 0 spiro atoms. The summed E-state index contributed by atoms with van der Waals surface area (Å²) in [5.74, 6) is -2.51. The minimum atomic E-state index is -1.78. The van der Waals surface area contributed by atoms with Crippen molar-refractivity contribution in [1.29, 1.82) is 0 Å². The van der Waals surface area contributed by atoms with E-state index in [2.05, 4.69) is 0 Å². The molecule has 0 bridgehead atoms. The standard InChI is InChI=1S/C38H72N2O12/c1-15-27-38(10,46)31(42)24(6)40(13)19-20(2)17-36(8,45)33(52-35-29(41)26(39(11)12)16-21(3)48-35)22(4)30(23(5)34(44)50-27)51-28-18-37(9,47-14)32(43)25(7)49-28/h20-33,35,41-43,45-46H,15-19H2,1-14H3/p+2/t20-,21-,22+,23-,24-,25+,26+,27-,28+,29-,30+,31-,32+,33-,35+,36-,37-,38-/m1/s1. The van der Waals surface area contributed by atoms with Gasteiger partial charge in [-0.3, -0.25) is 4.79 Å². The number of aliphatic hydroxyl groups is 5. The predicted molar refractivity (Wildman–Crippen MR) is 192 cm³/mol. The van der Waals surface area contributed by atoms with Gasteiger partial charge in [-0.2, -0.15) is 0 Å². The molecule has 0 amide bonds. The number of hydrogen-bond acceptors (Lipinski definition) is 12. The Morgan fingerprint density at radius 1 is 0.942 bits per heavy atom. The van der Waals surface area contributed by atoms with Crippen molar-refractivity contribution in [2.45, 2.75) is 185 Å². The van der Waals surface area contributed by atoms with E-state index in [-0.39, 0.29) is 37.3 Å². The highest BCUT2D eigenvalue weighted by Crippen LogP contribution is 2.39. The zero-order valence-electron chi connectivity index (χ0n) is 34.3. The molecular weight excluding hydrogens is 676 g/mol. The molecular formula is C38H74N2O12+2. The van der Waals surface area contributed by atoms with Crippen LogP contribution in [0, 0.1) is 17.8 Å². The molecule has 14 nitrogen and oxygen atoms in total. The first-order valence-corrected chi connectivity index (χ1v) is 19.4. The van der Waals surface area contributed by atoms with E-state index in [0.29, 0.717) is 13.0 Å². The number of nitrogens with one attached hydrogen (secondary N) is 2. The highest BCUT2D eigenvalue weighted by atomic mass is 16.7. The topological polar surface area (TPSA) is 182 Å². The van der Waals surface area contributed by atoms with E-state index in [1.807, 2.05) is 48.8 Å². The molecule has 3 fully saturated rings. The van der Waals surface area contributed by atoms with Crippen LogP contribution in [-0.2, 0) is 33.2 Å². The van der Waals surface area contributed by atoms with Gasteiger partial charge in [-0.25, -0.2) is 0 Å². The zero-order chi connectivity index (χ0) is 39.7. The Morgan fingerprint density at radius 3 is 2.12 bits per heavy atom. The highest BCUT2D eigenvalue weighted by Gasteiger charge is 2.53. The van der Waals surface area contributed by atoms with Gasteiger partial charge in [0, 0.05) is 31.8 Å². The molecule has 306 valence electrons. The third-order valence-corrected chi connectivity index (χ3v) is 12.5. The van der Waals surface area contributed by atoms with E-state index >= 15 is 0 Å². The number of carbonyl (C=O) groups is 1. The Balaban J connectivity index is 2.17. The van der Waals surface area contributed by atoms with Crippen LogP contribution >= 0.6 is 0 Å². The van der Waals surface area contributed by atoms with Crippen LogP contribution in [0.25, 0.3) is 0 Å². The number of ether oxygens (including phenoxy) is 6. The fraction of sp³-hybridized carbons (Fsp3) is 0.974. The summed E-state index contributed by atoms with van der Waals surface area (Å²) < 4.78 is 37.6. The van der Waals surface area contributed by atoms with E-state index in [9.17, 15) is 30.3 Å². The van der Waals surface area contributed by atoms with E-state index in [1.165, 1.54) is 14.0 Å². The molecule has 0 aromatic heterocycles. The Hall–Kier alpha value is -1.01. The number of hydrogen-bond donors (Lipinski definition) is 7. The van der Waals surface area contributed by atoms with Crippen LogP contribution in [0.1, 0.15) is 94.9 Å². The number of esters is 1. The normalized spacial score (nSPS) is 50.7. The molecule has 7 N–H and O–H groups in total. The Kier molecular flexibility index (Phi) is 15.6. The molecule has 0 aromatic carbocycles. The van der Waals surface area contributed by atoms with E-state index in [1.54, 1.807) is 34.6 Å². The maximum Gasteiger partial charge on any atom is 0.311 e. The molecule has 0 saturated carbocycles. The largest absolute Gasteiger partial charge is 0.459 e. The van der Waals surface area contributed by atoms with Crippen molar-refractivity contribution in [3.05, 3.63) is 0 Å². The fourth-order valence-electron chi connectivity index (χ4n) is 8.95. The zero-order valence-corrected chi connectivity index (χ0v) is 34.3. The van der Waals surface area contributed by atoms with Crippen molar-refractivity contribution in [2.24, 2.45) is 17.8 Å². The summed E-state index contributed by atoms with van der Waals surface area (Å²) in [7, 11) is 7.38. The second-order valence-corrected chi connectivity index (χ2v) is 17.5. The summed E-state index contributed by atoms with van der Waals surface area (Å²) in [6, 6.07) is -0.635. The number of quaternary nitrogens is 2. The van der Waals surface area contributed by atoms with Gasteiger partial charge in [0.2, 0.25) is 0 Å². The molecule has 1 unspecified atom stereocenters. The van der Waals surface area contributed by atoms with Crippen molar-refractivity contribution < 1.29 is 68.5 Å². The summed E-state index contributed by atoms with van der Waals surface area (Å²) in [5, 5.41) is 58.2. The molecule has 0 aromatic rings. The summed E-state index contributed by atoms with van der Waals surface area (Å²) in [5.41, 5.74) is -4.33. The lowest BCUT2D eigenvalue weighted by atomic mass is 9.77. The SMILES string of the molecule is CC[C@H]1OC(=O)[C@H](C)[C@@H](O[C@H]2C[C@@](C)(OC)[C@@H](O)[C@H](C)O2)[C@H](C)[C@@H](O[C@@H]2O[C@H](C)C[C@H]([NH+](C)C)[C@H]2O)[C@](C)(O)C[C@@H](C)C[NH+](C)[C@H](C)[C@@H](O)[C@]1(C)O. The van der Waals surface area contributed by atoms with Crippen LogP contribution in [0.2, 0.25) is 0 Å². The third kappa shape index (κ3) is 10.0. The number of cyclic esters (lactones) is 1. The first-order chi connectivity index (χ1) is 23.9. The van der Waals surface area contributed by atoms with Crippen molar-refractivity contribution >= 4 is 5.97 Å². The quantitative estimate of drug-likeness (QED) is 0.159. The van der Waals surface area contributed by atoms with Gasteiger partial charge < -0.3 is 63.8 Å². The molecule has 3 rings (SSSR count). The molecule has 3 saturated heterocycles. The van der Waals surface area contributed by atoms with Crippen LogP contribution in [0.5, 0.6) is 0 Å². The molecule has 3 aliphatic rings. The van der Waals surface area contributed by atoms with Crippen molar-refractivity contribution in [2.75, 3.05) is 34.8 Å². The first kappa shape index (κ1) is 45.4. The van der Waals surface area contributed by atoms with Gasteiger partial charge in [-0.15, -0.1) is 0 Å². The van der Waals surface area contributed by atoms with Gasteiger partial charge in [0.15, 0.2) is 18.7 Å². The molecule has 3 aliphatic heterocycles. The number of carbonyl (C=O) groups excluding carboxylic acids is 1. The van der Waals surface area contributed by atoms with Gasteiger partial charge in [0.05, 0.1) is 69.2 Å². The summed E-state index contributed by atoms with van der Waals surface area (Å²) in [6.45, 7) is 18.3. The van der Waals surface area contributed by atoms with Crippen LogP contribution < -0.4 is 9.80 Å². The molecule has 19 atom stereocenters. The molecule has 0 aliphatic carbocycles. The van der Waals surface area contributed by atoms with Gasteiger partial charge in [-0.1, -0.05) is 20.8 Å². The lowest BCUT2D eigenvalue weighted by Crippen LogP contribution is -3.15. The second kappa shape index (κ2) is 17.8. The first-order valence-electron chi connectivity index (χ1n) is 19.4. The average molecular weight is 751 g/mol. The summed E-state index contributed by atoms with van der Waals surface area (Å²) in [6.07, 6.45) is -7.92. The monoisotopic (exact) mass is 751 g/mol. The van der Waals surface area contributed by atoms with Gasteiger partial charge in [0.25, 0.3) is 0 Å². The van der Waals surface area contributed by atoms with Crippen LogP contribution in [0.3, 0.4) is 0 Å². The number of methoxy groups -OCH3 is 1. The average Bonchev–Trinajstić information content (AvgIpc) is 3.05. The smallest absolute Gasteiger partial charge is 0.311 e. The Bertz CT molecular complexity index is 1140. The van der Waals surface area contributed by atoms with Crippen molar-refractivity contribution in [3.8, 4) is 0 Å². The van der Waals surface area contributed by atoms with Gasteiger partial charge >= 0.3 is 5.97 Å². The maximum atomic E-state index is 14.2. The van der Waals surface area contributed by atoms with E-state index in [4.69, 9.17) is 28.4 Å². The fourth-order valence-corrected chi connectivity index (χ4v) is 8.95. The van der Waals surface area contributed by atoms with Crippen LogP contribution in [-0.4, -0.2) is 157 Å². The Labute approximate surface area is 312 Å². The lowest BCUT2D eigenvalue weighted by Gasteiger charge is -2.48. The van der Waals surface area contributed by atoms with E-state index < -0.39 is 96.0 Å². The minimum Gasteiger partial charge on any atom is -0.459 e. The van der Waals surface area contributed by atoms with E-state index in [0.717, 1.165) is 9.80 Å². The molecule has 3 heterocycles. The van der Waals surface area contributed by atoms with Crippen molar-refractivity contribution in [3.63, 3.8) is 0 Å². The number of aliphatic hydroxyl groups excluding tert-OH is 3. The summed E-state index contributed by atoms with van der Waals surface area (Å²) >= 11 is 0. The molecule has 52 heavy (non-hydrogen) atoms. The van der Waals surface area contributed by atoms with Crippen LogP contribution in [0.4, 0.5) is 0 Å². The molecule has 0 radical (unpaired) electrons. The minimum absolute atomic E-state index is 0.101. The predicted octanol–water partition coefficient (Wildman–Crippen LogP) is -0.933. The van der Waals surface area contributed by atoms with Crippen molar-refractivity contribution in [1.82, 2.24) is 0 Å². The maximum absolute atomic E-state index is 14.2. The van der Waals surface area contributed by atoms with Gasteiger partial charge in [-0.05, 0) is 61.3 Å². The Morgan fingerprint density at radius 2 is 1.56 bits per heavy atom. The second-order valence-electron chi connectivity index (χ2n) is 17.5. The lowest BCUT2D eigenvalue weighted by molar-refractivity contribution is -0.912. The number of rotatable bonds is 7. The van der Waals surface area contributed by atoms with Crippen LogP contribution in [0.15, 0.2) is 0 Å². The molecule has 14 heteroatoms. The highest BCUT2D eigenvalue weighted by molar-refractivity contribution is 5.73. The number of likely N-dealkylation sites (N-methyl/N-ethyl adjacent to an activating group) is 2. The third-order valence-electron chi connectivity index (χ3n) is 12.5. The van der Waals surface area contributed by atoms with Gasteiger partial charge in [0.1, 0.15) is 36.0 Å². The summed E-state index contributed by atoms with van der Waals surface area (Å²) in [4.78, 5) is 16.2.